The fourth-order valence-corrected chi connectivity index (χ4v) is 12.4. The lowest BCUT2D eigenvalue weighted by atomic mass is 9.96. The zero-order valence-corrected chi connectivity index (χ0v) is 46.4. The van der Waals surface area contributed by atoms with E-state index in [2.05, 4.69) is 33.4 Å². The summed E-state index contributed by atoms with van der Waals surface area (Å²) in [6, 6.07) is 6.08. The van der Waals surface area contributed by atoms with E-state index < -0.39 is 23.5 Å². The average molecular weight is 1120 g/mol. The van der Waals surface area contributed by atoms with E-state index in [1.165, 1.54) is 33.9 Å². The topological polar surface area (TPSA) is 143 Å². The molecule has 4 aromatic heterocycles. The van der Waals surface area contributed by atoms with Crippen LogP contribution >= 0.6 is 0 Å². The van der Waals surface area contributed by atoms with Crippen LogP contribution in [-0.4, -0.2) is 140 Å². The van der Waals surface area contributed by atoms with Crippen molar-refractivity contribution in [3.63, 3.8) is 0 Å². The third kappa shape index (κ3) is 10.1. The lowest BCUT2D eigenvalue weighted by molar-refractivity contribution is -0.137. The maximum absolute atomic E-state index is 14.5. The number of benzene rings is 2. The molecular formula is C56H68F6N14O4. The van der Waals surface area contributed by atoms with Crippen molar-refractivity contribution in [2.75, 3.05) is 86.3 Å². The zero-order chi connectivity index (χ0) is 56.7. The van der Waals surface area contributed by atoms with Gasteiger partial charge >= 0.3 is 12.4 Å². The van der Waals surface area contributed by atoms with Gasteiger partial charge < -0.3 is 38.9 Å². The maximum atomic E-state index is 14.5. The number of aromatic nitrogens is 8. The van der Waals surface area contributed by atoms with Crippen LogP contribution in [0.15, 0.2) is 49.1 Å². The predicted molar refractivity (Wildman–Crippen MR) is 289 cm³/mol. The van der Waals surface area contributed by atoms with E-state index in [9.17, 15) is 35.9 Å². The molecule has 2 saturated heterocycles. The second kappa shape index (κ2) is 21.1. The van der Waals surface area contributed by atoms with Gasteiger partial charge in [-0.25, -0.2) is 0 Å². The van der Waals surface area contributed by atoms with Gasteiger partial charge in [-0.2, -0.15) is 46.7 Å². The highest BCUT2D eigenvalue weighted by molar-refractivity contribution is 5.88. The summed E-state index contributed by atoms with van der Waals surface area (Å²) >= 11 is 0. The summed E-state index contributed by atoms with van der Waals surface area (Å²) in [5.74, 6) is 1.22. The van der Waals surface area contributed by atoms with Crippen LogP contribution in [-0.2, 0) is 71.4 Å². The van der Waals surface area contributed by atoms with E-state index >= 15 is 0 Å². The first-order valence-electron chi connectivity index (χ1n) is 27.4. The molecule has 2 atom stereocenters. The molecule has 0 bridgehead atoms. The zero-order valence-electron chi connectivity index (χ0n) is 46.4. The molecule has 0 spiro atoms. The number of carbonyl (C=O) groups excluding carboxylic acids is 2. The number of hydrogen-bond acceptors (Lipinski definition) is 12. The normalized spacial score (nSPS) is 20.1. The molecule has 2 fully saturated rings. The summed E-state index contributed by atoms with van der Waals surface area (Å²) in [7, 11) is 7.20. The summed E-state index contributed by atoms with van der Waals surface area (Å²) < 4.78 is 106. The first-order chi connectivity index (χ1) is 38.0. The monoisotopic (exact) mass is 1110 g/mol. The highest BCUT2D eigenvalue weighted by atomic mass is 19.4. The number of fused-ring (bicyclic) bond motifs is 4. The van der Waals surface area contributed by atoms with Gasteiger partial charge in [-0.05, 0) is 74.9 Å². The Balaban J connectivity index is 0.000000169. The van der Waals surface area contributed by atoms with E-state index in [0.29, 0.717) is 124 Å². The van der Waals surface area contributed by atoms with Gasteiger partial charge in [0.05, 0.1) is 71.4 Å². The van der Waals surface area contributed by atoms with Crippen LogP contribution in [0.25, 0.3) is 22.3 Å². The Morgan fingerprint density at radius 1 is 0.562 bits per heavy atom. The van der Waals surface area contributed by atoms with Crippen LogP contribution in [0, 0.1) is 0 Å². The predicted octanol–water partition coefficient (Wildman–Crippen LogP) is 9.07. The minimum Gasteiger partial charge on any atom is -0.381 e. The lowest BCUT2D eigenvalue weighted by Crippen LogP contribution is -2.44. The third-order valence-corrected chi connectivity index (χ3v) is 17.0. The maximum Gasteiger partial charge on any atom is 0.417 e. The fourth-order valence-electron chi connectivity index (χ4n) is 12.4. The molecule has 6 aliphatic heterocycles. The van der Waals surface area contributed by atoms with Crippen molar-refractivity contribution in [1.29, 1.82) is 0 Å². The first-order valence-corrected chi connectivity index (χ1v) is 27.4. The molecule has 18 nitrogen and oxygen atoms in total. The second-order valence-electron chi connectivity index (χ2n) is 22.2. The summed E-state index contributed by atoms with van der Waals surface area (Å²) in [4.78, 5) is 36.2. The van der Waals surface area contributed by atoms with E-state index in [1.54, 1.807) is 62.3 Å². The molecule has 428 valence electrons. The largest absolute Gasteiger partial charge is 0.417 e. The first kappa shape index (κ1) is 54.9. The lowest BCUT2D eigenvalue weighted by Gasteiger charge is -2.42. The van der Waals surface area contributed by atoms with Crippen LogP contribution in [0.4, 0.5) is 60.7 Å². The number of likely N-dealkylation sites (N-methyl/N-ethyl adjacent to an activating group) is 2. The van der Waals surface area contributed by atoms with Crippen molar-refractivity contribution < 1.29 is 45.4 Å². The molecule has 0 aliphatic carbocycles. The van der Waals surface area contributed by atoms with Crippen molar-refractivity contribution >= 4 is 46.2 Å². The summed E-state index contributed by atoms with van der Waals surface area (Å²) in [6.07, 6.45) is 1.60. The number of carbonyl (C=O) groups is 2. The van der Waals surface area contributed by atoms with Gasteiger partial charge in [-0.15, -0.1) is 0 Å². The molecule has 0 N–H and O–H groups in total. The second-order valence-corrected chi connectivity index (χ2v) is 22.2. The molecule has 2 aromatic carbocycles. The SMILES string of the molecule is CC(=O)N1CCc2c(c(N3C[C@@H](C)N(C)c4cc(-c5cnn(C)c5)c(C(F)(F)F)cc43)nn2C2CCOCC2)C1.CC(=O)N1CCc2c(c(N3C[C@H](C)N(C)c4cc(-c5cnn(C)c5)c(C(F)(F)F)cc43)nn2C2CCOCC2)C1. The quantitative estimate of drug-likeness (QED) is 0.147. The van der Waals surface area contributed by atoms with Crippen LogP contribution in [0.1, 0.15) is 99.1 Å². The van der Waals surface area contributed by atoms with Crippen LogP contribution in [0.3, 0.4) is 0 Å². The molecule has 10 heterocycles. The Hall–Kier alpha value is -7.08. The number of halogens is 6. The third-order valence-electron chi connectivity index (χ3n) is 17.0. The van der Waals surface area contributed by atoms with Gasteiger partial charge in [0.2, 0.25) is 11.8 Å². The Labute approximate surface area is 460 Å². The molecule has 0 saturated carbocycles. The van der Waals surface area contributed by atoms with Gasteiger partial charge in [0, 0.05) is 166 Å². The molecule has 0 radical (unpaired) electrons. The minimum atomic E-state index is -4.57. The number of hydrogen-bond donors (Lipinski definition) is 0. The Bertz CT molecular complexity index is 3100. The number of ether oxygens (including phenoxy) is 2. The van der Waals surface area contributed by atoms with Gasteiger partial charge in [0.1, 0.15) is 0 Å². The number of anilines is 6. The van der Waals surface area contributed by atoms with Crippen LogP contribution in [0.5, 0.6) is 0 Å². The standard InChI is InChI=1S/2C28H34F3N7O2/c2*1-17-14-37(26-12-23(28(29,30)31)21(11-25(26)35(17)4)19-13-32-34(3)15-19)27-22-16-36(18(2)39)8-5-24(22)38(33-27)20-6-9-40-10-7-20/h2*11-13,15,17,20H,5-10,14,16H2,1-4H3/t2*17-/m10/s1. The molecule has 6 aliphatic rings. The van der Waals surface area contributed by atoms with E-state index in [1.807, 2.05) is 33.7 Å². The van der Waals surface area contributed by atoms with Crippen molar-refractivity contribution in [2.45, 2.75) is 116 Å². The van der Waals surface area contributed by atoms with Gasteiger partial charge in [-0.1, -0.05) is 0 Å². The number of alkyl halides is 6. The van der Waals surface area contributed by atoms with E-state index in [-0.39, 0.29) is 47.1 Å². The van der Waals surface area contributed by atoms with Crippen molar-refractivity contribution in [1.82, 2.24) is 48.9 Å². The van der Waals surface area contributed by atoms with Gasteiger partial charge in [0.25, 0.3) is 0 Å². The summed E-state index contributed by atoms with van der Waals surface area (Å²) in [5, 5.41) is 18.4. The molecule has 0 unspecified atom stereocenters. The Morgan fingerprint density at radius 2 is 0.938 bits per heavy atom. The van der Waals surface area contributed by atoms with Crippen LogP contribution < -0.4 is 19.6 Å². The van der Waals surface area contributed by atoms with Crippen LogP contribution in [0.2, 0.25) is 0 Å². The summed E-state index contributed by atoms with van der Waals surface area (Å²) in [5.41, 5.74) is 5.86. The molecule has 80 heavy (non-hydrogen) atoms. The Morgan fingerprint density at radius 3 is 1.26 bits per heavy atom. The van der Waals surface area contributed by atoms with Gasteiger partial charge in [0.15, 0.2) is 11.6 Å². The van der Waals surface area contributed by atoms with E-state index in [0.717, 1.165) is 48.2 Å². The molecular weight excluding hydrogens is 1050 g/mol. The summed E-state index contributed by atoms with van der Waals surface area (Å²) in [6.45, 7) is 12.7. The molecule has 6 aromatic rings. The number of aryl methyl sites for hydroxylation is 2. The highest BCUT2D eigenvalue weighted by Crippen LogP contribution is 2.51. The molecule has 2 amide bonds. The fraction of sp³-hybridized carbons (Fsp3) is 0.536. The smallest absolute Gasteiger partial charge is 0.381 e. The van der Waals surface area contributed by atoms with Crippen molar-refractivity contribution in [3.8, 4) is 22.3 Å². The molecule has 12 rings (SSSR count). The highest BCUT2D eigenvalue weighted by Gasteiger charge is 2.43. The number of nitrogens with zero attached hydrogens (tertiary/aromatic N) is 14. The minimum absolute atomic E-state index is 0.00219. The number of rotatable bonds is 6. The molecule has 24 heteroatoms. The Kier molecular flexibility index (Phi) is 14.5. The van der Waals surface area contributed by atoms with Crippen molar-refractivity contribution in [3.05, 3.63) is 82.7 Å². The van der Waals surface area contributed by atoms with Crippen molar-refractivity contribution in [2.24, 2.45) is 14.1 Å². The number of amides is 2. The van der Waals surface area contributed by atoms with E-state index in [4.69, 9.17) is 19.7 Å². The average Bonchev–Trinajstić information content (AvgIpc) is 4.42. The van der Waals surface area contributed by atoms with Gasteiger partial charge in [-0.3, -0.25) is 28.3 Å².